The van der Waals surface area contributed by atoms with Gasteiger partial charge in [-0.3, -0.25) is 4.79 Å². The molecule has 1 aromatic carbocycles. The molecule has 3 N–H and O–H groups in total. The quantitative estimate of drug-likeness (QED) is 0.438. The van der Waals surface area contributed by atoms with Gasteiger partial charge in [-0.2, -0.15) is 0 Å². The summed E-state index contributed by atoms with van der Waals surface area (Å²) < 4.78 is 0. The zero-order valence-electron chi connectivity index (χ0n) is 20.3. The van der Waals surface area contributed by atoms with Crippen LogP contribution in [0.1, 0.15) is 65.6 Å². The monoisotopic (exact) mass is 460 g/mol. The van der Waals surface area contributed by atoms with Crippen LogP contribution in [0.3, 0.4) is 0 Å². The first-order valence-electron chi connectivity index (χ1n) is 12.5. The van der Waals surface area contributed by atoms with Crippen LogP contribution < -0.4 is 5.32 Å². The largest absolute Gasteiger partial charge is 0.508 e. The number of anilines is 1. The van der Waals surface area contributed by atoms with Gasteiger partial charge >= 0.3 is 0 Å². The molecule has 2 aliphatic carbocycles. The number of aromatic nitrogens is 1. The Bertz CT molecular complexity index is 1080. The van der Waals surface area contributed by atoms with Crippen molar-refractivity contribution >= 4 is 11.6 Å². The van der Waals surface area contributed by atoms with E-state index in [0.717, 1.165) is 43.5 Å². The minimum Gasteiger partial charge on any atom is -0.508 e. The maximum absolute atomic E-state index is 13.3. The molecule has 0 radical (unpaired) electrons. The summed E-state index contributed by atoms with van der Waals surface area (Å²) in [5, 5.41) is 23.5. The van der Waals surface area contributed by atoms with Crippen molar-refractivity contribution in [2.75, 3.05) is 12.4 Å². The van der Waals surface area contributed by atoms with Crippen molar-refractivity contribution in [3.05, 3.63) is 82.3 Å². The maximum Gasteiger partial charge on any atom is 0.167 e. The number of carbonyl (C=O) groups excluding carboxylic acids is 1. The third-order valence-corrected chi connectivity index (χ3v) is 7.51. The Morgan fingerprint density at radius 1 is 1.12 bits per heavy atom. The van der Waals surface area contributed by atoms with Crippen molar-refractivity contribution in [1.82, 2.24) is 4.98 Å². The van der Waals surface area contributed by atoms with E-state index in [2.05, 4.69) is 41.5 Å². The van der Waals surface area contributed by atoms with Crippen molar-refractivity contribution in [3.8, 4) is 0 Å². The summed E-state index contributed by atoms with van der Waals surface area (Å²) in [7, 11) is 1.82. The Labute approximate surface area is 202 Å². The van der Waals surface area contributed by atoms with Crippen LogP contribution in [0.4, 0.5) is 5.82 Å². The number of pyridine rings is 1. The summed E-state index contributed by atoms with van der Waals surface area (Å²) in [6.45, 7) is 2.17. The van der Waals surface area contributed by atoms with Gasteiger partial charge in [0.2, 0.25) is 0 Å². The van der Waals surface area contributed by atoms with Crippen molar-refractivity contribution < 1.29 is 15.0 Å². The molecule has 1 atom stereocenters. The lowest BCUT2D eigenvalue weighted by Gasteiger charge is -2.28. The number of aryl methyl sites for hydroxylation is 2. The minimum absolute atomic E-state index is 0.0558. The fourth-order valence-electron chi connectivity index (χ4n) is 5.37. The van der Waals surface area contributed by atoms with Gasteiger partial charge in [-0.1, -0.05) is 30.3 Å². The van der Waals surface area contributed by atoms with Crippen LogP contribution in [-0.4, -0.2) is 34.1 Å². The summed E-state index contributed by atoms with van der Waals surface area (Å²) in [5.74, 6) is 1.77. The average Bonchev–Trinajstić information content (AvgIpc) is 2.85. The van der Waals surface area contributed by atoms with Gasteiger partial charge in [-0.25, -0.2) is 4.98 Å². The van der Waals surface area contributed by atoms with E-state index in [1.54, 1.807) is 18.3 Å². The third kappa shape index (κ3) is 5.58. The molecule has 0 spiro atoms. The van der Waals surface area contributed by atoms with Crippen LogP contribution in [0.25, 0.3) is 0 Å². The lowest BCUT2D eigenvalue weighted by Crippen LogP contribution is -2.23. The van der Waals surface area contributed by atoms with E-state index in [4.69, 9.17) is 0 Å². The number of hydrogen-bond donors (Lipinski definition) is 3. The predicted octanol–water partition coefficient (Wildman–Crippen LogP) is 5.73. The molecule has 5 nitrogen and oxygen atoms in total. The van der Waals surface area contributed by atoms with Crippen LogP contribution in [0.5, 0.6) is 0 Å². The average molecular weight is 461 g/mol. The van der Waals surface area contributed by atoms with E-state index in [0.29, 0.717) is 36.3 Å². The molecule has 2 aliphatic rings. The lowest BCUT2D eigenvalue weighted by atomic mass is 9.76. The fraction of sp³-hybridized carbons (Fsp3) is 0.448. The number of aliphatic hydroxyl groups is 2. The number of benzene rings is 1. The van der Waals surface area contributed by atoms with Crippen LogP contribution in [0.2, 0.25) is 0 Å². The summed E-state index contributed by atoms with van der Waals surface area (Å²) in [6, 6.07) is 10.5. The van der Waals surface area contributed by atoms with E-state index in [1.807, 2.05) is 13.1 Å². The van der Waals surface area contributed by atoms with Gasteiger partial charge in [0.15, 0.2) is 5.78 Å². The van der Waals surface area contributed by atoms with E-state index in [-0.39, 0.29) is 17.5 Å². The number of nitrogens with one attached hydrogen (secondary N) is 1. The highest BCUT2D eigenvalue weighted by Crippen LogP contribution is 2.34. The van der Waals surface area contributed by atoms with Crippen molar-refractivity contribution in [2.24, 2.45) is 11.8 Å². The number of rotatable bonds is 8. The van der Waals surface area contributed by atoms with Gasteiger partial charge in [0.25, 0.3) is 0 Å². The van der Waals surface area contributed by atoms with Crippen LogP contribution >= 0.6 is 0 Å². The van der Waals surface area contributed by atoms with Gasteiger partial charge in [0.05, 0.1) is 6.10 Å². The van der Waals surface area contributed by atoms with Crippen molar-refractivity contribution in [1.29, 1.82) is 0 Å². The van der Waals surface area contributed by atoms with Gasteiger partial charge in [0, 0.05) is 30.3 Å². The molecule has 0 bridgehead atoms. The molecule has 1 saturated carbocycles. The topological polar surface area (TPSA) is 82.5 Å². The third-order valence-electron chi connectivity index (χ3n) is 7.51. The number of aliphatic hydroxyl groups excluding tert-OH is 2. The Morgan fingerprint density at radius 2 is 1.88 bits per heavy atom. The number of ketones is 1. The highest BCUT2D eigenvalue weighted by atomic mass is 16.3. The summed E-state index contributed by atoms with van der Waals surface area (Å²) in [5.41, 5.74) is 5.02. The van der Waals surface area contributed by atoms with Gasteiger partial charge in [-0.05, 0) is 93.0 Å². The first-order valence-corrected chi connectivity index (χ1v) is 12.5. The second-order valence-electron chi connectivity index (χ2n) is 9.76. The van der Waals surface area contributed by atoms with E-state index in [9.17, 15) is 15.0 Å². The van der Waals surface area contributed by atoms with Crippen LogP contribution in [0.15, 0.2) is 60.0 Å². The second kappa shape index (κ2) is 11.0. The van der Waals surface area contributed by atoms with E-state index in [1.165, 1.54) is 11.1 Å². The molecular formula is C29H36N2O3. The Balaban J connectivity index is 1.39. The van der Waals surface area contributed by atoms with Crippen LogP contribution in [0, 0.1) is 18.8 Å². The number of Topliss-reactive ketones (excluding diaryl/α,β-unsaturated/α-hetero) is 1. The highest BCUT2D eigenvalue weighted by Gasteiger charge is 2.28. The first-order chi connectivity index (χ1) is 16.5. The molecule has 34 heavy (non-hydrogen) atoms. The smallest absolute Gasteiger partial charge is 0.167 e. The standard InChI is InChI=1S/C29H36N2O3/c1-19-6-3-4-7-22(19)16-20-10-12-21(13-11-20)28(34)24-17-23(29(30-2)31-18-24)14-15-25-26(32)8-5-9-27(25)33/h3-8,17-18,20-21,27,32-33H,9-16H2,1-2H3,(H,30,31). The normalized spacial score (nSPS) is 22.6. The molecule has 5 heteroatoms. The second-order valence-corrected chi connectivity index (χ2v) is 9.76. The zero-order chi connectivity index (χ0) is 24.1. The van der Waals surface area contributed by atoms with Gasteiger partial charge in [0.1, 0.15) is 11.6 Å². The molecule has 1 aromatic heterocycles. The van der Waals surface area contributed by atoms with Gasteiger partial charge in [-0.15, -0.1) is 0 Å². The Kier molecular flexibility index (Phi) is 7.84. The molecule has 0 aliphatic heterocycles. The Morgan fingerprint density at radius 3 is 2.59 bits per heavy atom. The number of hydrogen-bond acceptors (Lipinski definition) is 5. The summed E-state index contributed by atoms with van der Waals surface area (Å²) >= 11 is 0. The number of allylic oxidation sites excluding steroid dienone is 1. The lowest BCUT2D eigenvalue weighted by molar-refractivity contribution is 0.0871. The zero-order valence-corrected chi connectivity index (χ0v) is 20.3. The molecule has 0 amide bonds. The number of carbonyl (C=O) groups is 1. The number of nitrogens with zero attached hydrogens (tertiary/aromatic N) is 1. The predicted molar refractivity (Wildman–Crippen MR) is 136 cm³/mol. The Hall–Kier alpha value is -2.92. The molecule has 0 saturated heterocycles. The van der Waals surface area contributed by atoms with E-state index < -0.39 is 6.10 Å². The van der Waals surface area contributed by atoms with Crippen molar-refractivity contribution in [3.63, 3.8) is 0 Å². The molecule has 2 aromatic rings. The molecule has 1 unspecified atom stereocenters. The van der Waals surface area contributed by atoms with Crippen molar-refractivity contribution in [2.45, 2.75) is 64.4 Å². The molecule has 1 fully saturated rings. The molecule has 4 rings (SSSR count). The fourth-order valence-corrected chi connectivity index (χ4v) is 5.37. The minimum atomic E-state index is -0.657. The molecule has 180 valence electrons. The highest BCUT2D eigenvalue weighted by molar-refractivity contribution is 5.98. The maximum atomic E-state index is 13.3. The van der Waals surface area contributed by atoms with E-state index >= 15 is 0 Å². The molecule has 1 heterocycles. The summed E-state index contributed by atoms with van der Waals surface area (Å²) in [4.78, 5) is 17.8. The first kappa shape index (κ1) is 24.2. The van der Waals surface area contributed by atoms with Gasteiger partial charge < -0.3 is 15.5 Å². The molecular weight excluding hydrogens is 424 g/mol. The van der Waals surface area contributed by atoms with Crippen LogP contribution in [-0.2, 0) is 12.8 Å². The summed E-state index contributed by atoms with van der Waals surface area (Å²) in [6.07, 6.45) is 11.2. The SMILES string of the molecule is CNc1ncc(C(=O)C2CCC(Cc3ccccc3C)CC2)cc1CCC1=C(O)C=CCC1O.